The molecule has 0 bridgehead atoms. The van der Waals surface area contributed by atoms with E-state index in [1.807, 2.05) is 0 Å². The fraction of sp³-hybridized carbons (Fsp3) is 0.375. The van der Waals surface area contributed by atoms with Gasteiger partial charge >= 0.3 is 5.69 Å². The Morgan fingerprint density at radius 2 is 1.91 bits per heavy atom. The number of halogens is 1. The van der Waals surface area contributed by atoms with Gasteiger partial charge in [0.15, 0.2) is 0 Å². The number of benzene rings is 1. The van der Waals surface area contributed by atoms with Crippen LogP contribution in [0.25, 0.3) is 5.69 Å². The number of aromatic amines is 1. The summed E-state index contributed by atoms with van der Waals surface area (Å²) in [7, 11) is 0. The Bertz CT molecular complexity index is 775. The molecule has 1 aliphatic rings. The molecule has 1 aromatic carbocycles. The van der Waals surface area contributed by atoms with Crippen LogP contribution in [0.15, 0.2) is 39.9 Å². The zero-order valence-corrected chi connectivity index (χ0v) is 13.8. The van der Waals surface area contributed by atoms with Gasteiger partial charge in [0.05, 0.1) is 43.4 Å². The number of para-hydroxylation sites is 1. The minimum Gasteiger partial charge on any atom is -0.347 e. The number of hydrogen-bond donors (Lipinski definition) is 2. The highest BCUT2D eigenvalue weighted by Gasteiger charge is 2.20. The minimum absolute atomic E-state index is 0.369. The van der Waals surface area contributed by atoms with Gasteiger partial charge in [-0.15, -0.1) is 0 Å². The van der Waals surface area contributed by atoms with Crippen molar-refractivity contribution in [2.45, 2.75) is 6.92 Å². The van der Waals surface area contributed by atoms with Gasteiger partial charge in [-0.05, 0) is 19.1 Å². The highest BCUT2D eigenvalue weighted by atomic mass is 35.5. The molecule has 0 unspecified atom stereocenters. The normalized spacial score (nSPS) is 15.8. The van der Waals surface area contributed by atoms with Gasteiger partial charge in [0.1, 0.15) is 5.82 Å². The molecule has 0 amide bonds. The van der Waals surface area contributed by atoms with Crippen molar-refractivity contribution >= 4 is 17.4 Å². The first-order chi connectivity index (χ1) is 11.1. The molecule has 0 radical (unpaired) electrons. The van der Waals surface area contributed by atoms with Crippen molar-refractivity contribution in [2.75, 3.05) is 37.6 Å². The molecule has 2 aromatic rings. The quantitative estimate of drug-likeness (QED) is 0.823. The van der Waals surface area contributed by atoms with Gasteiger partial charge in [-0.25, -0.2) is 9.36 Å². The van der Waals surface area contributed by atoms with E-state index >= 15 is 0 Å². The van der Waals surface area contributed by atoms with E-state index in [1.54, 1.807) is 24.3 Å². The number of hydrogen-bond acceptors (Lipinski definition) is 3. The Labute approximate surface area is 138 Å². The summed E-state index contributed by atoms with van der Waals surface area (Å²) >= 11 is 6.10. The molecule has 0 spiro atoms. The number of H-pyrrole nitrogens is 1. The van der Waals surface area contributed by atoms with Gasteiger partial charge < -0.3 is 9.80 Å². The van der Waals surface area contributed by atoms with Gasteiger partial charge in [-0.2, -0.15) is 0 Å². The molecule has 122 valence electrons. The first kappa shape index (κ1) is 15.8. The van der Waals surface area contributed by atoms with Crippen LogP contribution in [0, 0.1) is 0 Å². The van der Waals surface area contributed by atoms with Crippen molar-refractivity contribution in [1.82, 2.24) is 9.55 Å². The van der Waals surface area contributed by atoms with Gasteiger partial charge in [-0.3, -0.25) is 9.78 Å². The number of nitrogens with one attached hydrogen (secondary N) is 2. The zero-order valence-electron chi connectivity index (χ0n) is 13.0. The Balaban J connectivity index is 1.95. The second kappa shape index (κ2) is 6.60. The molecule has 2 N–H and O–H groups in total. The van der Waals surface area contributed by atoms with E-state index in [-0.39, 0.29) is 5.56 Å². The molecule has 3 rings (SSSR count). The van der Waals surface area contributed by atoms with Crippen LogP contribution in [0.4, 0.5) is 5.82 Å². The second-order valence-corrected chi connectivity index (χ2v) is 6.08. The molecule has 1 fully saturated rings. The van der Waals surface area contributed by atoms with Crippen LogP contribution in [0.3, 0.4) is 0 Å². The molecule has 6 nitrogen and oxygen atoms in total. The predicted molar refractivity (Wildman–Crippen MR) is 91.1 cm³/mol. The minimum atomic E-state index is -0.467. The molecular weight excluding hydrogens is 316 g/mol. The molecule has 2 heterocycles. The Hall–Kier alpha value is -2.05. The van der Waals surface area contributed by atoms with Crippen molar-refractivity contribution in [3.05, 3.63) is 56.2 Å². The van der Waals surface area contributed by atoms with Crippen molar-refractivity contribution in [1.29, 1.82) is 0 Å². The van der Waals surface area contributed by atoms with Gasteiger partial charge in [0.2, 0.25) is 0 Å². The standard InChI is InChI=1S/C16H19ClN4O2/c1-2-19-7-9-20(10-8-19)14-11-15(22)21(16(23)18-14)13-6-4-3-5-12(13)17/h3-6,11H,2,7-10H2,1H3,(H,18,23)/p+1. The number of likely N-dealkylation sites (N-methyl/N-ethyl adjacent to an activating group) is 1. The lowest BCUT2D eigenvalue weighted by molar-refractivity contribution is -0.898. The summed E-state index contributed by atoms with van der Waals surface area (Å²) in [5.74, 6) is 0.582. The molecule has 1 saturated heterocycles. The lowest BCUT2D eigenvalue weighted by atomic mass is 10.3. The van der Waals surface area contributed by atoms with Gasteiger partial charge in [-0.1, -0.05) is 23.7 Å². The van der Waals surface area contributed by atoms with E-state index in [9.17, 15) is 9.59 Å². The Morgan fingerprint density at radius 3 is 2.52 bits per heavy atom. The van der Waals surface area contributed by atoms with E-state index < -0.39 is 5.69 Å². The number of aromatic nitrogens is 2. The summed E-state index contributed by atoms with van der Waals surface area (Å²) in [6.45, 7) is 6.93. The molecule has 1 aromatic heterocycles. The number of rotatable bonds is 3. The summed E-state index contributed by atoms with van der Waals surface area (Å²) in [5, 5.41) is 0.369. The average Bonchev–Trinajstić information content (AvgIpc) is 2.56. The van der Waals surface area contributed by atoms with E-state index in [4.69, 9.17) is 11.6 Å². The van der Waals surface area contributed by atoms with Crippen molar-refractivity contribution in [3.8, 4) is 5.69 Å². The highest BCUT2D eigenvalue weighted by Crippen LogP contribution is 2.17. The van der Waals surface area contributed by atoms with Crippen LogP contribution in [-0.4, -0.2) is 42.3 Å². The topological polar surface area (TPSA) is 62.5 Å². The lowest BCUT2D eigenvalue weighted by Gasteiger charge is -2.32. The fourth-order valence-corrected chi connectivity index (χ4v) is 3.15. The third-order valence-electron chi connectivity index (χ3n) is 4.32. The summed E-state index contributed by atoms with van der Waals surface area (Å²) in [6, 6.07) is 8.29. The monoisotopic (exact) mass is 335 g/mol. The Morgan fingerprint density at radius 1 is 1.22 bits per heavy atom. The SMILES string of the molecule is CC[NH+]1CCN(c2cc(=O)n(-c3ccccc3Cl)c(=O)[nH]2)CC1. The molecule has 0 aliphatic carbocycles. The smallest absolute Gasteiger partial charge is 0.334 e. The van der Waals surface area contributed by atoms with Crippen LogP contribution in [0.1, 0.15) is 6.92 Å². The van der Waals surface area contributed by atoms with Crippen LogP contribution in [-0.2, 0) is 0 Å². The second-order valence-electron chi connectivity index (χ2n) is 5.68. The molecule has 0 saturated carbocycles. The molecule has 23 heavy (non-hydrogen) atoms. The number of quaternary nitrogens is 1. The van der Waals surface area contributed by atoms with Crippen molar-refractivity contribution in [2.24, 2.45) is 0 Å². The number of nitrogens with zero attached hydrogens (tertiary/aromatic N) is 2. The van der Waals surface area contributed by atoms with Crippen LogP contribution in [0.2, 0.25) is 5.02 Å². The first-order valence-electron chi connectivity index (χ1n) is 7.80. The maximum Gasteiger partial charge on any atom is 0.334 e. The fourth-order valence-electron chi connectivity index (χ4n) is 2.93. The predicted octanol–water partition coefficient (Wildman–Crippen LogP) is -0.0960. The third kappa shape index (κ3) is 3.18. The zero-order chi connectivity index (χ0) is 16.4. The van der Waals surface area contributed by atoms with E-state index in [0.29, 0.717) is 16.5 Å². The molecule has 1 aliphatic heterocycles. The van der Waals surface area contributed by atoms with E-state index in [1.165, 1.54) is 11.0 Å². The summed E-state index contributed by atoms with van der Waals surface area (Å²) in [6.07, 6.45) is 0. The largest absolute Gasteiger partial charge is 0.347 e. The summed E-state index contributed by atoms with van der Waals surface area (Å²) in [4.78, 5) is 31.2. The number of anilines is 1. The lowest BCUT2D eigenvalue weighted by Crippen LogP contribution is -3.14. The molecule has 7 heteroatoms. The van der Waals surface area contributed by atoms with Crippen LogP contribution < -0.4 is 21.0 Å². The maximum atomic E-state index is 12.4. The number of piperazine rings is 1. The molecule has 0 atom stereocenters. The van der Waals surface area contributed by atoms with Gasteiger partial charge in [0.25, 0.3) is 5.56 Å². The summed E-state index contributed by atoms with van der Waals surface area (Å²) in [5.41, 5.74) is -0.444. The summed E-state index contributed by atoms with van der Waals surface area (Å²) < 4.78 is 1.07. The third-order valence-corrected chi connectivity index (χ3v) is 4.64. The van der Waals surface area contributed by atoms with Crippen LogP contribution >= 0.6 is 11.6 Å². The maximum absolute atomic E-state index is 12.4. The Kier molecular flexibility index (Phi) is 4.54. The first-order valence-corrected chi connectivity index (χ1v) is 8.17. The van der Waals surface area contributed by atoms with E-state index in [2.05, 4.69) is 16.8 Å². The molecular formula is C16H20ClN4O2+. The van der Waals surface area contributed by atoms with Gasteiger partial charge in [0, 0.05) is 6.07 Å². The van der Waals surface area contributed by atoms with E-state index in [0.717, 1.165) is 37.3 Å². The van der Waals surface area contributed by atoms with Crippen molar-refractivity contribution < 1.29 is 4.90 Å². The highest BCUT2D eigenvalue weighted by molar-refractivity contribution is 6.32. The average molecular weight is 336 g/mol. The van der Waals surface area contributed by atoms with Crippen LogP contribution in [0.5, 0.6) is 0 Å². The van der Waals surface area contributed by atoms with Crippen molar-refractivity contribution in [3.63, 3.8) is 0 Å².